The number of likely N-dealkylation sites (tertiary alicyclic amines) is 1. The number of hydrogen-bond donors (Lipinski definition) is 0. The van der Waals surface area contributed by atoms with E-state index in [-0.39, 0.29) is 17.9 Å². The quantitative estimate of drug-likeness (QED) is 0.819. The molecule has 2 saturated heterocycles. The minimum atomic E-state index is 0.123. The molecule has 3 fully saturated rings. The van der Waals surface area contributed by atoms with Crippen molar-refractivity contribution in [3.05, 3.63) is 35.4 Å². The average molecular weight is 370 g/mol. The van der Waals surface area contributed by atoms with Gasteiger partial charge in [0, 0.05) is 49.9 Å². The largest absolute Gasteiger partial charge is 0.381 e. The Bertz CT molecular complexity index is 687. The van der Waals surface area contributed by atoms with E-state index in [4.69, 9.17) is 4.74 Å². The van der Waals surface area contributed by atoms with Crippen LogP contribution in [0, 0.1) is 12.8 Å². The number of amides is 2. The maximum atomic E-state index is 13.0. The molecule has 1 saturated carbocycles. The van der Waals surface area contributed by atoms with E-state index in [1.54, 1.807) is 0 Å². The molecule has 1 aliphatic carbocycles. The van der Waals surface area contributed by atoms with Crippen molar-refractivity contribution in [3.8, 4) is 0 Å². The summed E-state index contributed by atoms with van der Waals surface area (Å²) >= 11 is 0. The second kappa shape index (κ2) is 8.01. The second-order valence-corrected chi connectivity index (χ2v) is 8.20. The van der Waals surface area contributed by atoms with E-state index in [1.165, 1.54) is 0 Å². The van der Waals surface area contributed by atoms with E-state index in [9.17, 15) is 9.59 Å². The molecular formula is C22H30N2O3. The van der Waals surface area contributed by atoms with Gasteiger partial charge in [-0.3, -0.25) is 9.59 Å². The fourth-order valence-electron chi connectivity index (χ4n) is 4.49. The Balaban J connectivity index is 1.42. The number of aryl methyl sites for hydroxylation is 1. The minimum absolute atomic E-state index is 0.123. The van der Waals surface area contributed by atoms with E-state index in [0.717, 1.165) is 76.0 Å². The Kier molecular flexibility index (Phi) is 5.48. The van der Waals surface area contributed by atoms with Gasteiger partial charge >= 0.3 is 0 Å². The standard InChI is InChI=1S/C22H30N2O3/c1-16-4-2-3-5-20(16)22(26)23-12-8-18(9-13-23)24(21(25)17-6-7-17)19-10-14-27-15-11-19/h2-5,17-19H,6-15H2,1H3. The summed E-state index contributed by atoms with van der Waals surface area (Å²) in [5, 5.41) is 0. The molecule has 0 radical (unpaired) electrons. The van der Waals surface area contributed by atoms with E-state index < -0.39 is 0 Å². The van der Waals surface area contributed by atoms with Gasteiger partial charge in [-0.2, -0.15) is 0 Å². The summed E-state index contributed by atoms with van der Waals surface area (Å²) in [5.41, 5.74) is 1.82. The molecule has 0 spiro atoms. The number of nitrogens with zero attached hydrogens (tertiary/aromatic N) is 2. The summed E-state index contributed by atoms with van der Waals surface area (Å²) in [5.74, 6) is 0.725. The molecule has 3 aliphatic rings. The van der Waals surface area contributed by atoms with Crippen LogP contribution in [-0.2, 0) is 9.53 Å². The van der Waals surface area contributed by atoms with Crippen LogP contribution in [0.5, 0.6) is 0 Å². The van der Waals surface area contributed by atoms with Gasteiger partial charge < -0.3 is 14.5 Å². The van der Waals surface area contributed by atoms with Crippen molar-refractivity contribution >= 4 is 11.8 Å². The van der Waals surface area contributed by atoms with Crippen molar-refractivity contribution in [1.29, 1.82) is 0 Å². The fourth-order valence-corrected chi connectivity index (χ4v) is 4.49. The van der Waals surface area contributed by atoms with Crippen molar-refractivity contribution in [2.45, 2.75) is 57.5 Å². The van der Waals surface area contributed by atoms with Crippen LogP contribution in [0.3, 0.4) is 0 Å². The van der Waals surface area contributed by atoms with Crippen molar-refractivity contribution in [3.63, 3.8) is 0 Å². The highest BCUT2D eigenvalue weighted by atomic mass is 16.5. The molecule has 0 unspecified atom stereocenters. The van der Waals surface area contributed by atoms with Crippen LogP contribution in [0.1, 0.15) is 54.4 Å². The molecule has 5 heteroatoms. The second-order valence-electron chi connectivity index (χ2n) is 8.20. The molecule has 0 atom stereocenters. The van der Waals surface area contributed by atoms with Crippen molar-refractivity contribution < 1.29 is 14.3 Å². The van der Waals surface area contributed by atoms with Gasteiger partial charge in [0.2, 0.25) is 5.91 Å². The number of ether oxygens (including phenoxy) is 1. The van der Waals surface area contributed by atoms with Gasteiger partial charge in [0.1, 0.15) is 0 Å². The monoisotopic (exact) mass is 370 g/mol. The van der Waals surface area contributed by atoms with Crippen LogP contribution >= 0.6 is 0 Å². The summed E-state index contributed by atoms with van der Waals surface area (Å²) in [6, 6.07) is 8.37. The third-order valence-corrected chi connectivity index (χ3v) is 6.29. The molecule has 1 aromatic carbocycles. The molecule has 1 aromatic rings. The number of carbonyl (C=O) groups excluding carboxylic acids is 2. The Hall–Kier alpha value is -1.88. The zero-order chi connectivity index (χ0) is 18.8. The normalized spacial score (nSPS) is 21.9. The van der Waals surface area contributed by atoms with Gasteiger partial charge in [0.25, 0.3) is 5.91 Å². The summed E-state index contributed by atoms with van der Waals surface area (Å²) in [7, 11) is 0. The number of hydrogen-bond acceptors (Lipinski definition) is 3. The lowest BCUT2D eigenvalue weighted by Gasteiger charge is -2.44. The first-order valence-corrected chi connectivity index (χ1v) is 10.4. The van der Waals surface area contributed by atoms with Gasteiger partial charge in [-0.15, -0.1) is 0 Å². The average Bonchev–Trinajstić information content (AvgIpc) is 3.55. The Morgan fingerprint density at radius 1 is 0.963 bits per heavy atom. The topological polar surface area (TPSA) is 49.9 Å². The van der Waals surface area contributed by atoms with Gasteiger partial charge in [0.05, 0.1) is 0 Å². The lowest BCUT2D eigenvalue weighted by Crippen LogP contribution is -2.54. The Labute approximate surface area is 161 Å². The molecule has 4 rings (SSSR count). The lowest BCUT2D eigenvalue weighted by atomic mass is 9.96. The summed E-state index contributed by atoms with van der Waals surface area (Å²) in [6.45, 7) is 4.96. The van der Waals surface area contributed by atoms with E-state index in [2.05, 4.69) is 4.90 Å². The van der Waals surface area contributed by atoms with Gasteiger partial charge in [-0.25, -0.2) is 0 Å². The fraction of sp³-hybridized carbons (Fsp3) is 0.636. The predicted octanol–water partition coefficient (Wildman–Crippen LogP) is 3.02. The van der Waals surface area contributed by atoms with E-state index in [1.807, 2.05) is 36.1 Å². The number of rotatable bonds is 4. The van der Waals surface area contributed by atoms with Gasteiger partial charge in [-0.1, -0.05) is 18.2 Å². The molecule has 0 bridgehead atoms. The number of benzene rings is 1. The van der Waals surface area contributed by atoms with Crippen molar-refractivity contribution in [2.75, 3.05) is 26.3 Å². The maximum absolute atomic E-state index is 13.0. The van der Waals surface area contributed by atoms with Crippen molar-refractivity contribution in [2.24, 2.45) is 5.92 Å². The van der Waals surface area contributed by atoms with E-state index in [0.29, 0.717) is 11.9 Å². The van der Waals surface area contributed by atoms with Gasteiger partial charge in [-0.05, 0) is 57.1 Å². The molecule has 2 amide bonds. The highest BCUT2D eigenvalue weighted by Crippen LogP contribution is 2.35. The van der Waals surface area contributed by atoms with Crippen LogP contribution in [0.2, 0.25) is 0 Å². The summed E-state index contributed by atoms with van der Waals surface area (Å²) in [6.07, 6.45) is 5.74. The molecular weight excluding hydrogens is 340 g/mol. The smallest absolute Gasteiger partial charge is 0.254 e. The highest BCUT2D eigenvalue weighted by Gasteiger charge is 2.41. The Morgan fingerprint density at radius 2 is 1.59 bits per heavy atom. The molecule has 0 aromatic heterocycles. The van der Waals surface area contributed by atoms with Crippen molar-refractivity contribution in [1.82, 2.24) is 9.80 Å². The lowest BCUT2D eigenvalue weighted by molar-refractivity contribution is -0.141. The van der Waals surface area contributed by atoms with Crippen LogP contribution in [-0.4, -0.2) is 60.0 Å². The van der Waals surface area contributed by atoms with Crippen LogP contribution in [0.25, 0.3) is 0 Å². The SMILES string of the molecule is Cc1ccccc1C(=O)N1CCC(N(C(=O)C2CC2)C2CCOCC2)CC1. The van der Waals surface area contributed by atoms with E-state index >= 15 is 0 Å². The maximum Gasteiger partial charge on any atom is 0.254 e. The highest BCUT2D eigenvalue weighted by molar-refractivity contribution is 5.95. The molecule has 0 N–H and O–H groups in total. The molecule has 27 heavy (non-hydrogen) atoms. The molecule has 5 nitrogen and oxygen atoms in total. The molecule has 2 heterocycles. The summed E-state index contributed by atoms with van der Waals surface area (Å²) < 4.78 is 5.51. The van der Waals surface area contributed by atoms with Crippen LogP contribution < -0.4 is 0 Å². The Morgan fingerprint density at radius 3 is 2.22 bits per heavy atom. The first-order valence-electron chi connectivity index (χ1n) is 10.4. The number of piperidine rings is 1. The number of carbonyl (C=O) groups is 2. The molecule has 2 aliphatic heterocycles. The first-order chi connectivity index (χ1) is 13.1. The zero-order valence-corrected chi connectivity index (χ0v) is 16.2. The minimum Gasteiger partial charge on any atom is -0.381 e. The molecule has 146 valence electrons. The van der Waals surface area contributed by atoms with Gasteiger partial charge in [0.15, 0.2) is 0 Å². The zero-order valence-electron chi connectivity index (χ0n) is 16.2. The summed E-state index contributed by atoms with van der Waals surface area (Å²) in [4.78, 5) is 30.0. The first kappa shape index (κ1) is 18.5. The van der Waals surface area contributed by atoms with Crippen LogP contribution in [0.15, 0.2) is 24.3 Å². The third-order valence-electron chi connectivity index (χ3n) is 6.29. The third kappa shape index (κ3) is 4.03. The predicted molar refractivity (Wildman–Crippen MR) is 104 cm³/mol. The van der Waals surface area contributed by atoms with Crippen LogP contribution in [0.4, 0.5) is 0 Å².